The quantitative estimate of drug-likeness (QED) is 0.432. The van der Waals surface area contributed by atoms with E-state index >= 15 is 0 Å². The highest BCUT2D eigenvalue weighted by Gasteiger charge is 2.32. The fraction of sp³-hybridized carbons (Fsp3) is 0.333. The van der Waals surface area contributed by atoms with Gasteiger partial charge in [0.05, 0.1) is 0 Å². The van der Waals surface area contributed by atoms with Crippen LogP contribution in [0.1, 0.15) is 36.1 Å². The smallest absolute Gasteiger partial charge is 0.119 e. The monoisotopic (exact) mass is 437 g/mol. The van der Waals surface area contributed by atoms with Crippen molar-refractivity contribution < 1.29 is 9.84 Å². The SMILES string of the molecule is CCN(CC)CCOc1ccc(C(O)(Cc2ccc(Cl)cc2)c2ccc(C)cc2)cc1. The van der Waals surface area contributed by atoms with E-state index in [1.54, 1.807) is 0 Å². The second-order valence-electron chi connectivity index (χ2n) is 7.93. The van der Waals surface area contributed by atoms with Crippen LogP contribution in [-0.2, 0) is 12.0 Å². The summed E-state index contributed by atoms with van der Waals surface area (Å²) in [5, 5.41) is 12.6. The molecule has 1 atom stereocenters. The number of rotatable bonds is 10. The molecule has 3 rings (SSSR count). The Morgan fingerprint density at radius 2 is 1.39 bits per heavy atom. The third kappa shape index (κ3) is 6.10. The average Bonchev–Trinajstić information content (AvgIpc) is 2.79. The highest BCUT2D eigenvalue weighted by atomic mass is 35.5. The number of halogens is 1. The third-order valence-electron chi connectivity index (χ3n) is 5.80. The Balaban J connectivity index is 1.83. The fourth-order valence-electron chi connectivity index (χ4n) is 3.76. The van der Waals surface area contributed by atoms with Crippen LogP contribution in [-0.4, -0.2) is 36.2 Å². The van der Waals surface area contributed by atoms with E-state index in [0.717, 1.165) is 47.6 Å². The predicted octanol–water partition coefficient (Wildman–Crippen LogP) is 5.85. The fourth-order valence-corrected chi connectivity index (χ4v) is 3.88. The molecule has 0 aliphatic carbocycles. The Labute approximate surface area is 191 Å². The molecular weight excluding hydrogens is 406 g/mol. The van der Waals surface area contributed by atoms with Crippen LogP contribution in [0.2, 0.25) is 5.02 Å². The average molecular weight is 438 g/mol. The number of likely N-dealkylation sites (N-methyl/N-ethyl adjacent to an activating group) is 1. The zero-order valence-corrected chi connectivity index (χ0v) is 19.4. The molecule has 0 amide bonds. The Hall–Kier alpha value is -2.33. The van der Waals surface area contributed by atoms with Crippen LogP contribution in [0.15, 0.2) is 72.8 Å². The minimum absolute atomic E-state index is 0.454. The van der Waals surface area contributed by atoms with Crippen LogP contribution >= 0.6 is 11.6 Å². The van der Waals surface area contributed by atoms with Crippen molar-refractivity contribution in [3.63, 3.8) is 0 Å². The summed E-state index contributed by atoms with van der Waals surface area (Å²) in [7, 11) is 0. The van der Waals surface area contributed by atoms with Crippen LogP contribution in [0.4, 0.5) is 0 Å². The van der Waals surface area contributed by atoms with Crippen molar-refractivity contribution in [2.24, 2.45) is 0 Å². The summed E-state index contributed by atoms with van der Waals surface area (Å²) in [5.74, 6) is 0.814. The lowest BCUT2D eigenvalue weighted by Crippen LogP contribution is -2.30. The van der Waals surface area contributed by atoms with E-state index in [1.165, 1.54) is 0 Å². The molecule has 3 aromatic rings. The normalized spacial score (nSPS) is 13.2. The molecule has 0 radical (unpaired) electrons. The van der Waals surface area contributed by atoms with E-state index in [2.05, 4.69) is 18.7 Å². The number of aryl methyl sites for hydroxylation is 1. The maximum absolute atomic E-state index is 11.9. The standard InChI is InChI=1S/C27H32ClNO2/c1-4-29(5-2)18-19-31-26-16-12-24(13-17-26)27(30,23-10-6-21(3)7-11-23)20-22-8-14-25(28)15-9-22/h6-17,30H,4-5,18-20H2,1-3H3. The lowest BCUT2D eigenvalue weighted by atomic mass is 9.81. The number of hydrogen-bond donors (Lipinski definition) is 1. The number of ether oxygens (including phenoxy) is 1. The molecule has 1 N–H and O–H groups in total. The molecule has 0 aromatic heterocycles. The second kappa shape index (κ2) is 10.8. The molecule has 0 saturated carbocycles. The molecular formula is C27H32ClNO2. The lowest BCUT2D eigenvalue weighted by molar-refractivity contribution is 0.0810. The van der Waals surface area contributed by atoms with E-state index in [9.17, 15) is 5.11 Å². The molecule has 0 fully saturated rings. The Bertz CT molecular complexity index is 934. The van der Waals surface area contributed by atoms with Gasteiger partial charge in [-0.2, -0.15) is 0 Å². The zero-order valence-electron chi connectivity index (χ0n) is 18.6. The first-order valence-electron chi connectivity index (χ1n) is 10.9. The molecule has 0 aliphatic heterocycles. The summed E-state index contributed by atoms with van der Waals surface area (Å²) in [6, 6.07) is 23.5. The molecule has 4 heteroatoms. The van der Waals surface area contributed by atoms with Crippen molar-refractivity contribution >= 4 is 11.6 Å². The van der Waals surface area contributed by atoms with Crippen LogP contribution < -0.4 is 4.74 Å². The summed E-state index contributed by atoms with van der Waals surface area (Å²) in [4.78, 5) is 2.33. The number of aliphatic hydroxyl groups is 1. The van der Waals surface area contributed by atoms with Gasteiger partial charge >= 0.3 is 0 Å². The Morgan fingerprint density at radius 3 is 1.94 bits per heavy atom. The van der Waals surface area contributed by atoms with Crippen molar-refractivity contribution in [3.8, 4) is 5.75 Å². The Kier molecular flexibility index (Phi) is 8.14. The summed E-state index contributed by atoms with van der Waals surface area (Å²) in [6.45, 7) is 9.95. The molecule has 0 bridgehead atoms. The second-order valence-corrected chi connectivity index (χ2v) is 8.37. The lowest BCUT2D eigenvalue weighted by Gasteiger charge is -2.30. The Morgan fingerprint density at radius 1 is 0.839 bits per heavy atom. The van der Waals surface area contributed by atoms with Crippen LogP contribution in [0.25, 0.3) is 0 Å². The van der Waals surface area contributed by atoms with Crippen molar-refractivity contribution in [3.05, 3.63) is 100 Å². The van der Waals surface area contributed by atoms with Crippen molar-refractivity contribution in [2.75, 3.05) is 26.2 Å². The molecule has 1 unspecified atom stereocenters. The largest absolute Gasteiger partial charge is 0.492 e. The van der Waals surface area contributed by atoms with E-state index < -0.39 is 5.60 Å². The van der Waals surface area contributed by atoms with E-state index in [0.29, 0.717) is 18.1 Å². The van der Waals surface area contributed by atoms with Gasteiger partial charge in [0.15, 0.2) is 0 Å². The topological polar surface area (TPSA) is 32.7 Å². The van der Waals surface area contributed by atoms with Gasteiger partial charge in [-0.05, 0) is 61.0 Å². The first kappa shape index (κ1) is 23.3. The number of nitrogens with zero attached hydrogens (tertiary/aromatic N) is 1. The molecule has 0 aliphatic rings. The van der Waals surface area contributed by atoms with Gasteiger partial charge in [-0.3, -0.25) is 0 Å². The molecule has 0 heterocycles. The van der Waals surface area contributed by atoms with Crippen LogP contribution in [0, 0.1) is 6.92 Å². The first-order valence-corrected chi connectivity index (χ1v) is 11.3. The predicted molar refractivity (Wildman–Crippen MR) is 129 cm³/mol. The highest BCUT2D eigenvalue weighted by Crippen LogP contribution is 2.34. The van der Waals surface area contributed by atoms with Crippen LogP contribution in [0.5, 0.6) is 5.75 Å². The number of hydrogen-bond acceptors (Lipinski definition) is 3. The third-order valence-corrected chi connectivity index (χ3v) is 6.06. The molecule has 3 aromatic carbocycles. The van der Waals surface area contributed by atoms with Gasteiger partial charge in [-0.15, -0.1) is 0 Å². The zero-order chi connectivity index (χ0) is 22.3. The minimum atomic E-state index is -1.15. The van der Waals surface area contributed by atoms with Gasteiger partial charge in [0.25, 0.3) is 0 Å². The summed E-state index contributed by atoms with van der Waals surface area (Å²) in [6.07, 6.45) is 0.454. The van der Waals surface area contributed by atoms with Gasteiger partial charge in [-0.1, -0.05) is 79.5 Å². The highest BCUT2D eigenvalue weighted by molar-refractivity contribution is 6.30. The maximum atomic E-state index is 11.9. The van der Waals surface area contributed by atoms with E-state index in [4.69, 9.17) is 16.3 Å². The minimum Gasteiger partial charge on any atom is -0.492 e. The maximum Gasteiger partial charge on any atom is 0.119 e. The summed E-state index contributed by atoms with van der Waals surface area (Å²) < 4.78 is 5.92. The van der Waals surface area contributed by atoms with Crippen molar-refractivity contribution in [2.45, 2.75) is 32.8 Å². The summed E-state index contributed by atoms with van der Waals surface area (Å²) >= 11 is 6.05. The molecule has 164 valence electrons. The van der Waals surface area contributed by atoms with Gasteiger partial charge in [0.2, 0.25) is 0 Å². The molecule has 31 heavy (non-hydrogen) atoms. The molecule has 3 nitrogen and oxygen atoms in total. The van der Waals surface area contributed by atoms with Crippen LogP contribution in [0.3, 0.4) is 0 Å². The van der Waals surface area contributed by atoms with E-state index in [1.807, 2.05) is 79.7 Å². The van der Waals surface area contributed by atoms with Gasteiger partial charge < -0.3 is 14.7 Å². The molecule has 0 saturated heterocycles. The first-order chi connectivity index (χ1) is 14.9. The van der Waals surface area contributed by atoms with E-state index in [-0.39, 0.29) is 0 Å². The van der Waals surface area contributed by atoms with Crippen molar-refractivity contribution in [1.82, 2.24) is 4.90 Å². The van der Waals surface area contributed by atoms with Gasteiger partial charge in [0.1, 0.15) is 18.0 Å². The van der Waals surface area contributed by atoms with Crippen molar-refractivity contribution in [1.29, 1.82) is 0 Å². The summed E-state index contributed by atoms with van der Waals surface area (Å²) in [5.41, 5.74) is 2.73. The molecule has 0 spiro atoms. The number of benzene rings is 3. The van der Waals surface area contributed by atoms with Gasteiger partial charge in [-0.25, -0.2) is 0 Å². The van der Waals surface area contributed by atoms with Gasteiger partial charge in [0, 0.05) is 18.0 Å².